The maximum absolute atomic E-state index is 12.1. The highest BCUT2D eigenvalue weighted by atomic mass is 19.1. The Kier molecular flexibility index (Phi) is 3.30. The van der Waals surface area contributed by atoms with Crippen molar-refractivity contribution in [3.63, 3.8) is 0 Å². The fourth-order valence-electron chi connectivity index (χ4n) is 1.90. The summed E-state index contributed by atoms with van der Waals surface area (Å²) >= 11 is 0. The molecule has 13 heavy (non-hydrogen) atoms. The van der Waals surface area contributed by atoms with Crippen LogP contribution in [-0.4, -0.2) is 41.9 Å². The van der Waals surface area contributed by atoms with Gasteiger partial charge >= 0.3 is 0 Å². The fraction of sp³-hybridized carbons (Fsp3) is 1.00. The molecule has 0 radical (unpaired) electrons. The van der Waals surface area contributed by atoms with Crippen LogP contribution in [-0.2, 0) is 0 Å². The van der Waals surface area contributed by atoms with Gasteiger partial charge in [-0.05, 0) is 25.3 Å². The molecular weight excluding hydrogens is 169 g/mol. The van der Waals surface area contributed by atoms with E-state index in [-0.39, 0.29) is 0 Å². The van der Waals surface area contributed by atoms with Gasteiger partial charge in [-0.25, -0.2) is 4.39 Å². The van der Waals surface area contributed by atoms with Gasteiger partial charge in [0.2, 0.25) is 0 Å². The third kappa shape index (κ3) is 2.41. The van der Waals surface area contributed by atoms with Crippen molar-refractivity contribution < 1.29 is 9.50 Å². The monoisotopic (exact) mass is 189 g/mol. The van der Waals surface area contributed by atoms with Gasteiger partial charge < -0.3 is 5.11 Å². The van der Waals surface area contributed by atoms with Crippen LogP contribution in [0, 0.1) is 5.41 Å². The summed E-state index contributed by atoms with van der Waals surface area (Å²) in [7, 11) is 0. The van der Waals surface area contributed by atoms with Gasteiger partial charge in [0.25, 0.3) is 0 Å². The first-order valence-electron chi connectivity index (χ1n) is 4.95. The molecule has 1 aliphatic heterocycles. The largest absolute Gasteiger partial charge is 0.389 e. The van der Waals surface area contributed by atoms with Crippen molar-refractivity contribution in [3.05, 3.63) is 0 Å². The molecule has 0 aromatic carbocycles. The summed E-state index contributed by atoms with van der Waals surface area (Å²) in [5, 5.41) is 9.19. The van der Waals surface area contributed by atoms with Crippen molar-refractivity contribution in [2.75, 3.05) is 19.8 Å². The molecule has 1 rings (SSSR count). The molecule has 0 aliphatic carbocycles. The molecular formula is C10H20FNO. The number of rotatable bonds is 3. The average molecular weight is 189 g/mol. The van der Waals surface area contributed by atoms with E-state index < -0.39 is 12.8 Å². The van der Waals surface area contributed by atoms with Gasteiger partial charge in [0, 0.05) is 12.6 Å². The average Bonchev–Trinajstić information content (AvgIpc) is 2.32. The Morgan fingerprint density at radius 2 is 2.23 bits per heavy atom. The minimum Gasteiger partial charge on any atom is -0.389 e. The van der Waals surface area contributed by atoms with E-state index in [1.165, 1.54) is 0 Å². The Bertz CT molecular complexity index is 172. The number of aliphatic hydroxyl groups is 1. The molecule has 2 nitrogen and oxygen atoms in total. The number of β-amino-alcohol motifs (C(OH)–C–C–N with tert-alkyl or cyclic N) is 1. The predicted octanol–water partition coefficient (Wildman–Crippen LogP) is 1.44. The van der Waals surface area contributed by atoms with Gasteiger partial charge in [-0.1, -0.05) is 13.8 Å². The normalized spacial score (nSPS) is 30.7. The lowest BCUT2D eigenvalue weighted by molar-refractivity contribution is 0.0764. The third-order valence-electron chi connectivity index (χ3n) is 3.35. The van der Waals surface area contributed by atoms with E-state index in [1.807, 2.05) is 0 Å². The molecule has 1 aliphatic rings. The number of hydrogen-bond donors (Lipinski definition) is 1. The van der Waals surface area contributed by atoms with E-state index in [1.54, 1.807) is 0 Å². The van der Waals surface area contributed by atoms with Crippen LogP contribution in [0.5, 0.6) is 0 Å². The maximum Gasteiger partial charge on any atom is 0.117 e. The molecule has 2 atom stereocenters. The van der Waals surface area contributed by atoms with Gasteiger partial charge in [-0.3, -0.25) is 4.90 Å². The smallest absolute Gasteiger partial charge is 0.117 e. The summed E-state index contributed by atoms with van der Waals surface area (Å²) in [5.74, 6) is 0. The van der Waals surface area contributed by atoms with E-state index in [9.17, 15) is 9.50 Å². The van der Waals surface area contributed by atoms with Crippen LogP contribution >= 0.6 is 0 Å². The molecule has 2 unspecified atom stereocenters. The molecule has 0 aromatic rings. The zero-order valence-electron chi connectivity index (χ0n) is 8.76. The topological polar surface area (TPSA) is 23.5 Å². The van der Waals surface area contributed by atoms with Crippen molar-refractivity contribution in [1.29, 1.82) is 0 Å². The Morgan fingerprint density at radius 3 is 2.62 bits per heavy atom. The highest BCUT2D eigenvalue weighted by Gasteiger charge is 2.37. The molecule has 78 valence electrons. The molecule has 0 saturated carbocycles. The summed E-state index contributed by atoms with van der Waals surface area (Å²) in [6, 6.07) is 0.439. The van der Waals surface area contributed by atoms with Crippen molar-refractivity contribution in [2.45, 2.75) is 39.3 Å². The van der Waals surface area contributed by atoms with Crippen LogP contribution in [0.4, 0.5) is 4.39 Å². The van der Waals surface area contributed by atoms with Crippen molar-refractivity contribution in [3.8, 4) is 0 Å². The standard InChI is InChI=1S/C10H20FNO/c1-8-10(2,3)4-5-12(8)7-9(13)6-11/h8-9,13H,4-7H2,1-3H3. The molecule has 3 heteroatoms. The lowest BCUT2D eigenvalue weighted by atomic mass is 9.86. The molecule has 0 amide bonds. The maximum atomic E-state index is 12.1. The molecule has 1 saturated heterocycles. The fourth-order valence-corrected chi connectivity index (χ4v) is 1.90. The first-order valence-corrected chi connectivity index (χ1v) is 4.95. The minimum absolute atomic E-state index is 0.302. The van der Waals surface area contributed by atoms with Crippen LogP contribution in [0.3, 0.4) is 0 Å². The Balaban J connectivity index is 2.46. The Hall–Kier alpha value is -0.150. The van der Waals surface area contributed by atoms with Crippen molar-refractivity contribution in [1.82, 2.24) is 4.90 Å². The van der Waals surface area contributed by atoms with Crippen molar-refractivity contribution in [2.24, 2.45) is 5.41 Å². The zero-order valence-corrected chi connectivity index (χ0v) is 8.76. The summed E-state index contributed by atoms with van der Waals surface area (Å²) in [5.41, 5.74) is 0.302. The summed E-state index contributed by atoms with van der Waals surface area (Å²) < 4.78 is 12.1. The SMILES string of the molecule is CC1N(CC(O)CF)CCC1(C)C. The van der Waals surface area contributed by atoms with Crippen LogP contribution in [0.1, 0.15) is 27.2 Å². The van der Waals surface area contributed by atoms with Gasteiger partial charge in [0.1, 0.15) is 6.67 Å². The second-order valence-electron chi connectivity index (χ2n) is 4.72. The quantitative estimate of drug-likeness (QED) is 0.726. The molecule has 1 heterocycles. The van der Waals surface area contributed by atoms with E-state index >= 15 is 0 Å². The number of halogens is 1. The Labute approximate surface area is 79.7 Å². The number of alkyl halides is 1. The van der Waals surface area contributed by atoms with Gasteiger partial charge in [-0.2, -0.15) is 0 Å². The highest BCUT2D eigenvalue weighted by molar-refractivity contribution is 4.91. The summed E-state index contributed by atoms with van der Waals surface area (Å²) in [6.07, 6.45) is 0.323. The van der Waals surface area contributed by atoms with Gasteiger partial charge in [0.15, 0.2) is 0 Å². The van der Waals surface area contributed by atoms with Gasteiger partial charge in [-0.15, -0.1) is 0 Å². The molecule has 0 aromatic heterocycles. The van der Waals surface area contributed by atoms with E-state index in [4.69, 9.17) is 0 Å². The molecule has 1 N–H and O–H groups in total. The van der Waals surface area contributed by atoms with Crippen LogP contribution < -0.4 is 0 Å². The summed E-state index contributed by atoms with van der Waals surface area (Å²) in [4.78, 5) is 2.17. The zero-order chi connectivity index (χ0) is 10.1. The van der Waals surface area contributed by atoms with E-state index in [0.29, 0.717) is 18.0 Å². The third-order valence-corrected chi connectivity index (χ3v) is 3.35. The highest BCUT2D eigenvalue weighted by Crippen LogP contribution is 2.35. The molecule has 0 bridgehead atoms. The van der Waals surface area contributed by atoms with Gasteiger partial charge in [0.05, 0.1) is 6.10 Å². The van der Waals surface area contributed by atoms with E-state index in [2.05, 4.69) is 25.7 Å². The van der Waals surface area contributed by atoms with Crippen molar-refractivity contribution >= 4 is 0 Å². The Morgan fingerprint density at radius 1 is 1.62 bits per heavy atom. The first-order chi connectivity index (χ1) is 5.97. The van der Waals surface area contributed by atoms with Crippen LogP contribution in [0.15, 0.2) is 0 Å². The molecule has 1 fully saturated rings. The minimum atomic E-state index is -0.809. The number of nitrogens with zero attached hydrogens (tertiary/aromatic N) is 1. The second-order valence-corrected chi connectivity index (χ2v) is 4.72. The molecule has 0 spiro atoms. The lowest BCUT2D eigenvalue weighted by Gasteiger charge is -2.30. The van der Waals surface area contributed by atoms with E-state index in [0.717, 1.165) is 13.0 Å². The van der Waals surface area contributed by atoms with Crippen LogP contribution in [0.2, 0.25) is 0 Å². The first kappa shape index (κ1) is 10.9. The number of likely N-dealkylation sites (tertiary alicyclic amines) is 1. The summed E-state index contributed by atoms with van der Waals surface area (Å²) in [6.45, 7) is 7.41. The second kappa shape index (κ2) is 3.93. The number of aliphatic hydroxyl groups excluding tert-OH is 1. The lowest BCUT2D eigenvalue weighted by Crippen LogP contribution is -2.39. The predicted molar refractivity (Wildman–Crippen MR) is 51.4 cm³/mol. The number of hydrogen-bond acceptors (Lipinski definition) is 2. The van der Waals surface area contributed by atoms with Crippen LogP contribution in [0.25, 0.3) is 0 Å².